The molecule has 0 aliphatic heterocycles. The molecule has 4 N–H and O–H groups in total. The van der Waals surface area contributed by atoms with Gasteiger partial charge in [0.25, 0.3) is 0 Å². The quantitative estimate of drug-likeness (QED) is 0.140. The summed E-state index contributed by atoms with van der Waals surface area (Å²) in [6, 6.07) is 37.4. The van der Waals surface area contributed by atoms with Crippen LogP contribution in [0.3, 0.4) is 0 Å². The molecule has 9 nitrogen and oxygen atoms in total. The first-order valence-corrected chi connectivity index (χ1v) is 16.0. The average molecular weight is 734 g/mol. The van der Waals surface area contributed by atoms with Crippen LogP contribution in [0.4, 0.5) is 22.7 Å². The molecule has 0 aliphatic rings. The monoisotopic (exact) mass is 733 g/mol. The van der Waals surface area contributed by atoms with Gasteiger partial charge in [-0.25, -0.2) is 0 Å². The molecule has 0 amide bonds. The Balaban J connectivity index is 0.000000208. The topological polar surface area (TPSA) is 162 Å². The number of nitrogens with one attached hydrogen (secondary N) is 2. The minimum Gasteiger partial charge on any atom is -0.545 e. The Morgan fingerprint density at radius 3 is 1.23 bits per heavy atom. The van der Waals surface area contributed by atoms with E-state index < -0.39 is 11.9 Å². The van der Waals surface area contributed by atoms with Crippen LogP contribution in [0.5, 0.6) is 0 Å². The largest absolute Gasteiger partial charge is 2.00 e. The fourth-order valence-corrected chi connectivity index (χ4v) is 5.28. The van der Waals surface area contributed by atoms with Gasteiger partial charge in [-0.3, -0.25) is 9.97 Å². The van der Waals surface area contributed by atoms with Gasteiger partial charge in [0.1, 0.15) is 0 Å². The summed E-state index contributed by atoms with van der Waals surface area (Å²) >= 11 is 0. The van der Waals surface area contributed by atoms with Gasteiger partial charge < -0.3 is 35.9 Å². The second-order valence-corrected chi connectivity index (χ2v) is 11.6. The van der Waals surface area contributed by atoms with Crippen LogP contribution in [0.15, 0.2) is 134 Å². The molecule has 7 aromatic rings. The number of benzene rings is 5. The van der Waals surface area contributed by atoms with Crippen LogP contribution in [0.25, 0.3) is 21.8 Å². The Bertz CT molecular complexity index is 2150. The van der Waals surface area contributed by atoms with E-state index in [2.05, 4.69) is 44.9 Å². The van der Waals surface area contributed by atoms with Gasteiger partial charge in [0.05, 0.1) is 23.0 Å². The number of carbonyl (C=O) groups is 2. The Labute approximate surface area is 313 Å². The van der Waals surface area contributed by atoms with Gasteiger partial charge >= 0.3 is 17.1 Å². The van der Waals surface area contributed by atoms with E-state index in [1.165, 1.54) is 12.1 Å². The first-order chi connectivity index (χ1) is 24.1. The van der Waals surface area contributed by atoms with Crippen molar-refractivity contribution < 1.29 is 42.3 Å². The third-order valence-corrected chi connectivity index (χ3v) is 8.39. The smallest absolute Gasteiger partial charge is 0.545 e. The van der Waals surface area contributed by atoms with Crippen LogP contribution < -0.4 is 20.8 Å². The van der Waals surface area contributed by atoms with Crippen LogP contribution in [0.1, 0.15) is 43.0 Å². The molecule has 2 aromatic heterocycles. The van der Waals surface area contributed by atoms with Crippen LogP contribution in [-0.2, 0) is 17.1 Å². The van der Waals surface area contributed by atoms with E-state index in [1.807, 2.05) is 76.2 Å². The minimum absolute atomic E-state index is 0. The molecule has 0 aliphatic carbocycles. The molecule has 263 valence electrons. The third kappa shape index (κ3) is 9.80. The van der Waals surface area contributed by atoms with Crippen molar-refractivity contribution in [2.24, 2.45) is 0 Å². The van der Waals surface area contributed by atoms with E-state index in [0.29, 0.717) is 11.4 Å². The van der Waals surface area contributed by atoms with Gasteiger partial charge in [-0.2, -0.15) is 0 Å². The summed E-state index contributed by atoms with van der Waals surface area (Å²) in [6.07, 6.45) is 3.60. The van der Waals surface area contributed by atoms with Crippen molar-refractivity contribution in [3.8, 4) is 0 Å². The fourth-order valence-electron chi connectivity index (χ4n) is 5.28. The van der Waals surface area contributed by atoms with Gasteiger partial charge in [-0.1, -0.05) is 84.9 Å². The van der Waals surface area contributed by atoms with E-state index in [9.17, 15) is 19.8 Å². The van der Waals surface area contributed by atoms with Gasteiger partial charge in [-0.15, -0.1) is 0 Å². The average Bonchev–Trinajstić information content (AvgIpc) is 3.13. The number of pyridine rings is 2. The zero-order chi connectivity index (χ0) is 35.6. The molecule has 52 heavy (non-hydrogen) atoms. The molecule has 0 atom stereocenters. The van der Waals surface area contributed by atoms with Crippen LogP contribution in [-0.4, -0.2) is 27.4 Å². The maximum Gasteiger partial charge on any atom is 2.00 e. The molecule has 0 saturated heterocycles. The summed E-state index contributed by atoms with van der Waals surface area (Å²) < 4.78 is 0. The third-order valence-electron chi connectivity index (χ3n) is 8.39. The molecule has 0 fully saturated rings. The predicted molar refractivity (Wildman–Crippen MR) is 201 cm³/mol. The number of carboxylic acids is 2. The summed E-state index contributed by atoms with van der Waals surface area (Å²) in [6.45, 7) is 8.04. The molecule has 2 heterocycles. The van der Waals surface area contributed by atoms with Crippen LogP contribution in [0.2, 0.25) is 0 Å². The standard InChI is InChI=1S/2C15H15NO2.C12H8N2.Mn.H2O/c2*1-10-6-5-9-13(11(10)2)16-14-8-4-3-7-12(14)15(17)18;1-3-9-5-6-10-4-2-8-14-12(10)11(9)13-7-1;;/h2*3-9,16H,1-2H3,(H,17,18);1-8H;;1H2/q;;;+2;/p-2. The van der Waals surface area contributed by atoms with Gasteiger partial charge in [0.2, 0.25) is 0 Å². The van der Waals surface area contributed by atoms with Crippen LogP contribution in [0, 0.1) is 27.7 Å². The second kappa shape index (κ2) is 18.8. The fraction of sp³-hybridized carbons (Fsp3) is 0.0952. The van der Waals surface area contributed by atoms with Gasteiger partial charge in [0, 0.05) is 57.0 Å². The van der Waals surface area contributed by atoms with Crippen molar-refractivity contribution in [1.29, 1.82) is 0 Å². The van der Waals surface area contributed by atoms with Crippen molar-refractivity contribution >= 4 is 56.5 Å². The molecule has 0 unspecified atom stereocenters. The number of carboxylic acid groups (broad SMARTS) is 2. The summed E-state index contributed by atoms with van der Waals surface area (Å²) in [5.41, 5.74) is 9.71. The summed E-state index contributed by atoms with van der Waals surface area (Å²) in [4.78, 5) is 30.7. The Kier molecular flexibility index (Phi) is 14.6. The number of para-hydroxylation sites is 2. The number of fused-ring (bicyclic) bond motifs is 3. The Morgan fingerprint density at radius 2 is 0.846 bits per heavy atom. The molecule has 0 saturated carbocycles. The molecular weight excluding hydrogens is 695 g/mol. The number of hydrogen-bond acceptors (Lipinski definition) is 8. The maximum atomic E-state index is 11.0. The second-order valence-electron chi connectivity index (χ2n) is 11.6. The zero-order valence-electron chi connectivity index (χ0n) is 29.1. The van der Waals surface area contributed by atoms with E-state index in [0.717, 1.165) is 55.4 Å². The Hall–Kier alpha value is -6.06. The number of rotatable bonds is 6. The van der Waals surface area contributed by atoms with Crippen molar-refractivity contribution in [1.82, 2.24) is 9.97 Å². The molecule has 1 radical (unpaired) electrons. The predicted octanol–water partition coefficient (Wildman–Crippen LogP) is 6.78. The SMILES string of the molecule is Cc1cccc(Nc2ccccc2C(=O)[O-])c1C.Cc1cccc(Nc2ccccc2C(=O)[O-])c1C.O.[Mn+2].c1cnc2c(c1)ccc1cccnc12. The van der Waals surface area contributed by atoms with Gasteiger partial charge in [0.15, 0.2) is 0 Å². The summed E-state index contributed by atoms with van der Waals surface area (Å²) in [5.74, 6) is -2.35. The zero-order valence-corrected chi connectivity index (χ0v) is 30.3. The van der Waals surface area contributed by atoms with Crippen molar-refractivity contribution in [2.45, 2.75) is 27.7 Å². The minimum atomic E-state index is -1.18. The van der Waals surface area contributed by atoms with Crippen molar-refractivity contribution in [3.05, 3.63) is 167 Å². The number of nitrogens with zero attached hydrogens (tertiary/aromatic N) is 2. The number of hydrogen-bond donors (Lipinski definition) is 2. The number of aromatic carboxylic acids is 2. The molecule has 5 aromatic carbocycles. The summed E-state index contributed by atoms with van der Waals surface area (Å²) in [7, 11) is 0. The Morgan fingerprint density at radius 1 is 0.481 bits per heavy atom. The van der Waals surface area contributed by atoms with E-state index in [-0.39, 0.29) is 33.7 Å². The normalized spacial score (nSPS) is 9.92. The number of aromatic nitrogens is 2. The van der Waals surface area contributed by atoms with E-state index >= 15 is 0 Å². The van der Waals surface area contributed by atoms with E-state index in [1.54, 1.807) is 48.8 Å². The first kappa shape index (κ1) is 40.4. The number of anilines is 4. The first-order valence-electron chi connectivity index (χ1n) is 16.0. The van der Waals surface area contributed by atoms with E-state index in [4.69, 9.17) is 0 Å². The molecular formula is C42H38MnN4O5. The molecule has 0 spiro atoms. The van der Waals surface area contributed by atoms with Crippen LogP contribution >= 0.6 is 0 Å². The number of carbonyl (C=O) groups excluding carboxylic acids is 2. The van der Waals surface area contributed by atoms with Crippen molar-refractivity contribution in [3.63, 3.8) is 0 Å². The molecule has 7 rings (SSSR count). The summed E-state index contributed by atoms with van der Waals surface area (Å²) in [5, 5.41) is 30.6. The van der Waals surface area contributed by atoms with Gasteiger partial charge in [-0.05, 0) is 86.3 Å². The molecule has 0 bridgehead atoms. The maximum absolute atomic E-state index is 11.0. The molecule has 10 heteroatoms. The van der Waals surface area contributed by atoms with Crippen molar-refractivity contribution in [2.75, 3.05) is 10.6 Å². The number of aryl methyl sites for hydroxylation is 2.